The molecule has 9 heteroatoms. The van der Waals surface area contributed by atoms with Gasteiger partial charge in [-0.1, -0.05) is 13.8 Å². The molecule has 1 aliphatic heterocycles. The van der Waals surface area contributed by atoms with Gasteiger partial charge in [-0.15, -0.1) is 11.3 Å². The molecule has 8 nitrogen and oxygen atoms in total. The van der Waals surface area contributed by atoms with E-state index in [1.54, 1.807) is 23.4 Å². The highest BCUT2D eigenvalue weighted by atomic mass is 32.1. The number of thiophene rings is 1. The van der Waals surface area contributed by atoms with E-state index >= 15 is 0 Å². The van der Waals surface area contributed by atoms with Gasteiger partial charge in [-0.25, -0.2) is 9.78 Å². The highest BCUT2D eigenvalue weighted by Crippen LogP contribution is 2.45. The van der Waals surface area contributed by atoms with Crippen LogP contribution < -0.4 is 21.3 Å². The van der Waals surface area contributed by atoms with Gasteiger partial charge in [0.25, 0.3) is 5.91 Å². The quantitative estimate of drug-likeness (QED) is 0.570. The van der Waals surface area contributed by atoms with Gasteiger partial charge in [-0.05, 0) is 43.4 Å². The minimum atomic E-state index is -0.314. The van der Waals surface area contributed by atoms with E-state index in [9.17, 15) is 9.59 Å². The van der Waals surface area contributed by atoms with Crippen LogP contribution in [0.4, 0.5) is 21.9 Å². The molecule has 1 aliphatic carbocycles. The first-order chi connectivity index (χ1) is 14.9. The van der Waals surface area contributed by atoms with Crippen LogP contribution in [0.2, 0.25) is 0 Å². The van der Waals surface area contributed by atoms with Crippen LogP contribution in [0.15, 0.2) is 30.6 Å². The smallest absolute Gasteiger partial charge is 0.331 e. The Hall–Kier alpha value is -3.04. The van der Waals surface area contributed by atoms with Gasteiger partial charge < -0.3 is 16.4 Å². The second kappa shape index (κ2) is 7.58. The summed E-state index contributed by atoms with van der Waals surface area (Å²) in [6, 6.07) is 5.15. The Bertz CT molecular complexity index is 1190. The maximum atomic E-state index is 13.2. The number of carbonyl (C=O) groups excluding carboxylic acids is 2. The minimum absolute atomic E-state index is 0.0321. The predicted octanol–water partition coefficient (Wildman–Crippen LogP) is 4.11. The largest absolute Gasteiger partial charge is 0.347 e. The molecule has 3 aromatic rings. The monoisotopic (exact) mass is 436 g/mol. The van der Waals surface area contributed by atoms with Crippen molar-refractivity contribution in [1.29, 1.82) is 0 Å². The molecule has 0 bridgehead atoms. The van der Waals surface area contributed by atoms with Crippen molar-refractivity contribution in [3.05, 3.63) is 41.2 Å². The summed E-state index contributed by atoms with van der Waals surface area (Å²) in [4.78, 5) is 37.9. The number of pyridine rings is 2. The van der Waals surface area contributed by atoms with Crippen LogP contribution in [-0.2, 0) is 0 Å². The molecule has 2 aliphatic rings. The number of rotatable bonds is 4. The zero-order valence-electron chi connectivity index (χ0n) is 17.4. The van der Waals surface area contributed by atoms with Crippen molar-refractivity contribution in [2.45, 2.75) is 51.1 Å². The van der Waals surface area contributed by atoms with Crippen molar-refractivity contribution in [1.82, 2.24) is 15.3 Å². The Labute approximate surface area is 183 Å². The molecule has 3 aromatic heterocycles. The Kier molecular flexibility index (Phi) is 4.86. The summed E-state index contributed by atoms with van der Waals surface area (Å²) in [6.45, 7) is 4.12. The number of carbonyl (C=O) groups is 2. The van der Waals surface area contributed by atoms with Gasteiger partial charge in [-0.3, -0.25) is 14.7 Å². The average molecular weight is 437 g/mol. The molecule has 1 unspecified atom stereocenters. The molecule has 31 heavy (non-hydrogen) atoms. The summed E-state index contributed by atoms with van der Waals surface area (Å²) in [6.07, 6.45) is 6.17. The van der Waals surface area contributed by atoms with Gasteiger partial charge in [0.05, 0.1) is 22.4 Å². The van der Waals surface area contributed by atoms with Crippen molar-refractivity contribution in [3.8, 4) is 0 Å². The minimum Gasteiger partial charge on any atom is -0.347 e. The van der Waals surface area contributed by atoms with Crippen LogP contribution in [0.1, 0.15) is 54.4 Å². The molecule has 1 fully saturated rings. The Morgan fingerprint density at radius 3 is 2.84 bits per heavy atom. The van der Waals surface area contributed by atoms with Crippen molar-refractivity contribution in [3.63, 3.8) is 0 Å². The first-order valence-electron chi connectivity index (χ1n) is 10.5. The normalized spacial score (nSPS) is 20.4. The molecule has 0 aromatic carbocycles. The molecular weight excluding hydrogens is 412 g/mol. The third-order valence-electron chi connectivity index (χ3n) is 5.95. The summed E-state index contributed by atoms with van der Waals surface area (Å²) in [7, 11) is 0. The molecule has 0 saturated heterocycles. The second-order valence-corrected chi connectivity index (χ2v) is 9.35. The van der Waals surface area contributed by atoms with Crippen LogP contribution in [0.25, 0.3) is 10.2 Å². The molecule has 2 atom stereocenters. The van der Waals surface area contributed by atoms with Gasteiger partial charge in [-0.2, -0.15) is 0 Å². The Morgan fingerprint density at radius 1 is 1.29 bits per heavy atom. The summed E-state index contributed by atoms with van der Waals surface area (Å²) < 4.78 is 0. The second-order valence-electron chi connectivity index (χ2n) is 8.35. The fourth-order valence-corrected chi connectivity index (χ4v) is 5.32. The topological polar surface area (TPSA) is 113 Å². The lowest BCUT2D eigenvalue weighted by molar-refractivity contribution is 0.0939. The van der Waals surface area contributed by atoms with Gasteiger partial charge in [0.15, 0.2) is 0 Å². The van der Waals surface area contributed by atoms with E-state index in [-0.39, 0.29) is 29.9 Å². The van der Waals surface area contributed by atoms with Crippen molar-refractivity contribution < 1.29 is 9.59 Å². The lowest BCUT2D eigenvalue weighted by Crippen LogP contribution is -2.44. The first kappa shape index (κ1) is 19.9. The molecule has 160 valence electrons. The third kappa shape index (κ3) is 3.34. The summed E-state index contributed by atoms with van der Waals surface area (Å²) in [5.41, 5.74) is 8.97. The molecular formula is C22H24N6O2S. The predicted molar refractivity (Wildman–Crippen MR) is 122 cm³/mol. The summed E-state index contributed by atoms with van der Waals surface area (Å²) in [5, 5.41) is 6.75. The SMILES string of the molecule is CC(C)c1cc(N2C(=O)Nc3c(C(=O)N[C@@H]4CCCC4N)sc4nccc2c34)ccn1. The number of hydrogen-bond donors (Lipinski definition) is 3. The zero-order chi connectivity index (χ0) is 21.7. The molecule has 3 amide bonds. The highest BCUT2D eigenvalue weighted by molar-refractivity contribution is 7.21. The number of urea groups is 1. The van der Waals surface area contributed by atoms with Gasteiger partial charge in [0, 0.05) is 30.2 Å². The van der Waals surface area contributed by atoms with E-state index in [1.807, 2.05) is 12.1 Å². The Balaban J connectivity index is 1.57. The number of nitrogens with zero attached hydrogens (tertiary/aromatic N) is 3. The zero-order valence-corrected chi connectivity index (χ0v) is 18.2. The van der Waals surface area contributed by atoms with Crippen molar-refractivity contribution >= 4 is 50.6 Å². The first-order valence-corrected chi connectivity index (χ1v) is 11.3. The fraction of sp³-hybridized carbons (Fsp3) is 0.364. The van der Waals surface area contributed by atoms with E-state index in [4.69, 9.17) is 5.73 Å². The number of hydrogen-bond acceptors (Lipinski definition) is 6. The standard InChI is InChI=1S/C22H24N6O2S/c1-11(2)15-10-12(6-8-24-15)28-16-7-9-25-21-17(16)18(27-22(28)30)19(31-21)20(29)26-14-5-3-4-13(14)23/h6-11,13-14H,3-5,23H2,1-2H3,(H,26,29)(H,27,30)/t13?,14-/m1/s1. The number of amides is 3. The molecule has 0 radical (unpaired) electrons. The van der Waals surface area contributed by atoms with Crippen LogP contribution in [0, 0.1) is 0 Å². The maximum Gasteiger partial charge on any atom is 0.331 e. The fourth-order valence-electron chi connectivity index (χ4n) is 4.29. The van der Waals surface area contributed by atoms with Gasteiger partial charge in [0.1, 0.15) is 9.71 Å². The molecule has 1 saturated carbocycles. The molecule has 4 heterocycles. The van der Waals surface area contributed by atoms with Crippen LogP contribution in [0.3, 0.4) is 0 Å². The highest BCUT2D eigenvalue weighted by Gasteiger charge is 2.34. The van der Waals surface area contributed by atoms with Gasteiger partial charge in [0.2, 0.25) is 0 Å². The van der Waals surface area contributed by atoms with Crippen molar-refractivity contribution in [2.24, 2.45) is 5.73 Å². The van der Waals surface area contributed by atoms with E-state index in [0.717, 1.165) is 36.0 Å². The van der Waals surface area contributed by atoms with E-state index in [0.29, 0.717) is 21.1 Å². The number of anilines is 3. The average Bonchev–Trinajstić information content (AvgIpc) is 3.32. The molecule has 5 rings (SSSR count). The number of nitrogens with one attached hydrogen (secondary N) is 2. The molecule has 4 N–H and O–H groups in total. The van der Waals surface area contributed by atoms with E-state index in [2.05, 4.69) is 34.4 Å². The number of nitrogens with two attached hydrogens (primary N) is 1. The lowest BCUT2D eigenvalue weighted by atomic mass is 10.1. The summed E-state index contributed by atoms with van der Waals surface area (Å²) >= 11 is 1.28. The van der Waals surface area contributed by atoms with E-state index < -0.39 is 0 Å². The van der Waals surface area contributed by atoms with Crippen LogP contribution in [-0.4, -0.2) is 34.0 Å². The lowest BCUT2D eigenvalue weighted by Gasteiger charge is -2.28. The van der Waals surface area contributed by atoms with Gasteiger partial charge >= 0.3 is 6.03 Å². The number of aromatic nitrogens is 2. The third-order valence-corrected chi connectivity index (χ3v) is 7.05. The summed E-state index contributed by atoms with van der Waals surface area (Å²) in [5.74, 6) is 0.0188. The van der Waals surface area contributed by atoms with E-state index in [1.165, 1.54) is 11.3 Å². The van der Waals surface area contributed by atoms with Crippen LogP contribution in [0.5, 0.6) is 0 Å². The van der Waals surface area contributed by atoms with Crippen molar-refractivity contribution in [2.75, 3.05) is 10.2 Å². The maximum absolute atomic E-state index is 13.2. The van der Waals surface area contributed by atoms with Crippen LogP contribution >= 0.6 is 11.3 Å². The molecule has 0 spiro atoms. The Morgan fingerprint density at radius 2 is 2.10 bits per heavy atom.